The Bertz CT molecular complexity index is 863. The molecule has 0 fully saturated rings. The topological polar surface area (TPSA) is 65.4 Å². The van der Waals surface area contributed by atoms with E-state index in [0.29, 0.717) is 32.5 Å². The number of ether oxygens (including phenoxy) is 1. The van der Waals surface area contributed by atoms with Crippen LogP contribution in [0.4, 0.5) is 0 Å². The first-order valence-electron chi connectivity index (χ1n) is 6.80. The first-order valence-corrected chi connectivity index (χ1v) is 8.78. The number of furan rings is 1. The van der Waals surface area contributed by atoms with Crippen molar-refractivity contribution in [2.24, 2.45) is 5.10 Å². The normalized spacial score (nSPS) is 11.3. The summed E-state index contributed by atoms with van der Waals surface area (Å²) in [6.45, 7) is 0.248. The van der Waals surface area contributed by atoms with Crippen LogP contribution in [0.15, 0.2) is 51.3 Å². The Morgan fingerprint density at radius 1 is 1.33 bits per heavy atom. The first-order chi connectivity index (χ1) is 11.7. The van der Waals surface area contributed by atoms with Gasteiger partial charge in [-0.15, -0.1) is 10.2 Å². The van der Waals surface area contributed by atoms with Gasteiger partial charge in [0.05, 0.1) is 11.2 Å². The minimum Gasteiger partial charge on any atom is -0.484 e. The van der Waals surface area contributed by atoms with Crippen molar-refractivity contribution in [1.29, 1.82) is 0 Å². The van der Waals surface area contributed by atoms with Gasteiger partial charge in [-0.1, -0.05) is 35.0 Å². The third-order valence-electron chi connectivity index (χ3n) is 2.94. The fourth-order valence-corrected chi connectivity index (χ4v) is 2.71. The van der Waals surface area contributed by atoms with Crippen LogP contribution in [0.2, 0.25) is 10.0 Å². The Morgan fingerprint density at radius 3 is 3.00 bits per heavy atom. The van der Waals surface area contributed by atoms with Crippen LogP contribution in [0.5, 0.6) is 5.75 Å². The smallest absolute Gasteiger partial charge is 0.211 e. The molecule has 24 heavy (non-hydrogen) atoms. The monoisotopic (exact) mass is 382 g/mol. The number of hydrogen-bond donors (Lipinski definition) is 0. The zero-order valence-electron chi connectivity index (χ0n) is 12.5. The molecule has 0 N–H and O–H groups in total. The lowest BCUT2D eigenvalue weighted by Gasteiger charge is -2.06. The molecule has 124 valence electrons. The Hall–Kier alpha value is -1.96. The molecular weight excluding hydrogens is 371 g/mol. The van der Waals surface area contributed by atoms with E-state index in [-0.39, 0.29) is 6.61 Å². The molecular formula is C15H12Cl2N4O2S. The molecule has 0 atom stereocenters. The van der Waals surface area contributed by atoms with Gasteiger partial charge >= 0.3 is 0 Å². The third kappa shape index (κ3) is 4.11. The number of aromatic nitrogens is 3. The lowest BCUT2D eigenvalue weighted by molar-refractivity contribution is 0.270. The summed E-state index contributed by atoms with van der Waals surface area (Å²) >= 11 is 13.4. The van der Waals surface area contributed by atoms with E-state index >= 15 is 0 Å². The van der Waals surface area contributed by atoms with Gasteiger partial charge in [0.1, 0.15) is 30.2 Å². The fourth-order valence-electron chi connectivity index (χ4n) is 1.83. The second-order valence-corrected chi connectivity index (χ2v) is 6.19. The van der Waals surface area contributed by atoms with Crippen molar-refractivity contribution in [3.63, 3.8) is 0 Å². The average molecular weight is 383 g/mol. The highest BCUT2D eigenvalue weighted by molar-refractivity contribution is 7.98. The lowest BCUT2D eigenvalue weighted by atomic mass is 10.3. The molecule has 3 rings (SSSR count). The molecule has 2 heterocycles. The van der Waals surface area contributed by atoms with Crippen LogP contribution in [0.3, 0.4) is 0 Å². The molecule has 0 saturated carbocycles. The zero-order valence-corrected chi connectivity index (χ0v) is 14.8. The summed E-state index contributed by atoms with van der Waals surface area (Å²) < 4.78 is 12.8. The highest BCUT2D eigenvalue weighted by atomic mass is 35.5. The van der Waals surface area contributed by atoms with Gasteiger partial charge in [-0.25, -0.2) is 0 Å². The van der Waals surface area contributed by atoms with Crippen molar-refractivity contribution in [2.45, 2.75) is 11.8 Å². The van der Waals surface area contributed by atoms with Crippen LogP contribution in [-0.4, -0.2) is 27.3 Å². The summed E-state index contributed by atoms with van der Waals surface area (Å²) in [6.07, 6.45) is 5.01. The number of nitrogens with zero attached hydrogens (tertiary/aromatic N) is 4. The Kier molecular flexibility index (Phi) is 5.44. The van der Waals surface area contributed by atoms with Crippen molar-refractivity contribution >= 4 is 41.2 Å². The van der Waals surface area contributed by atoms with Gasteiger partial charge in [-0.05, 0) is 36.6 Å². The van der Waals surface area contributed by atoms with E-state index in [4.69, 9.17) is 32.4 Å². The molecule has 0 unspecified atom stereocenters. The second-order valence-electron chi connectivity index (χ2n) is 4.57. The number of halogens is 2. The van der Waals surface area contributed by atoms with Gasteiger partial charge < -0.3 is 9.15 Å². The van der Waals surface area contributed by atoms with E-state index in [2.05, 4.69) is 15.3 Å². The van der Waals surface area contributed by atoms with Crippen LogP contribution in [0.1, 0.15) is 11.5 Å². The van der Waals surface area contributed by atoms with Crippen molar-refractivity contribution in [1.82, 2.24) is 14.9 Å². The molecule has 0 aliphatic carbocycles. The van der Waals surface area contributed by atoms with Crippen LogP contribution in [0, 0.1) is 0 Å². The number of thioether (sulfide) groups is 1. The molecule has 0 radical (unpaired) electrons. The maximum absolute atomic E-state index is 6.06. The van der Waals surface area contributed by atoms with E-state index in [9.17, 15) is 0 Å². The summed E-state index contributed by atoms with van der Waals surface area (Å²) in [7, 11) is 0. The molecule has 0 bridgehead atoms. The molecule has 0 saturated heterocycles. The molecule has 0 aliphatic heterocycles. The fraction of sp³-hybridized carbons (Fsp3) is 0.133. The molecule has 6 nitrogen and oxygen atoms in total. The standard InChI is InChI=1S/C15H12Cl2N4O2S/c1-24-15-20-18-9-21(15)19-7-11-3-4-12(23-11)8-22-14-5-2-10(16)6-13(14)17/h2-7,9H,8H2,1H3/b19-7+. The molecule has 3 aromatic rings. The first kappa shape index (κ1) is 16.9. The van der Waals surface area contributed by atoms with Crippen LogP contribution in [0.25, 0.3) is 0 Å². The molecule has 9 heteroatoms. The van der Waals surface area contributed by atoms with Gasteiger partial charge in [0.2, 0.25) is 5.16 Å². The summed E-state index contributed by atoms with van der Waals surface area (Å²) in [4.78, 5) is 0. The van der Waals surface area contributed by atoms with E-state index in [1.54, 1.807) is 35.2 Å². The highest BCUT2D eigenvalue weighted by Crippen LogP contribution is 2.28. The Labute approximate surface area is 152 Å². The van der Waals surface area contributed by atoms with E-state index in [1.165, 1.54) is 18.1 Å². The van der Waals surface area contributed by atoms with E-state index in [0.717, 1.165) is 0 Å². The van der Waals surface area contributed by atoms with Crippen molar-refractivity contribution < 1.29 is 9.15 Å². The predicted molar refractivity (Wildman–Crippen MR) is 94.3 cm³/mol. The maximum atomic E-state index is 6.06. The van der Waals surface area contributed by atoms with Crippen molar-refractivity contribution in [2.75, 3.05) is 6.26 Å². The largest absolute Gasteiger partial charge is 0.484 e. The summed E-state index contributed by atoms with van der Waals surface area (Å²) in [5.74, 6) is 1.79. The minimum atomic E-state index is 0.248. The van der Waals surface area contributed by atoms with E-state index in [1.807, 2.05) is 12.3 Å². The zero-order chi connectivity index (χ0) is 16.9. The number of benzene rings is 1. The predicted octanol–water partition coefficient (Wildman–Crippen LogP) is 4.36. The van der Waals surface area contributed by atoms with Crippen molar-refractivity contribution in [3.8, 4) is 5.75 Å². The molecule has 2 aromatic heterocycles. The van der Waals surface area contributed by atoms with Gasteiger partial charge in [0, 0.05) is 5.02 Å². The van der Waals surface area contributed by atoms with Crippen LogP contribution < -0.4 is 4.74 Å². The van der Waals surface area contributed by atoms with Gasteiger partial charge in [-0.3, -0.25) is 0 Å². The third-order valence-corrected chi connectivity index (χ3v) is 4.10. The van der Waals surface area contributed by atoms with Crippen LogP contribution in [-0.2, 0) is 6.61 Å². The van der Waals surface area contributed by atoms with Gasteiger partial charge in [0.15, 0.2) is 0 Å². The number of rotatable bonds is 6. The summed E-state index contributed by atoms with van der Waals surface area (Å²) in [5, 5.41) is 13.7. The Balaban J connectivity index is 1.63. The second kappa shape index (κ2) is 7.74. The molecule has 1 aromatic carbocycles. The quantitative estimate of drug-likeness (QED) is 0.467. The van der Waals surface area contributed by atoms with Crippen LogP contribution >= 0.6 is 35.0 Å². The highest BCUT2D eigenvalue weighted by Gasteiger charge is 2.06. The Morgan fingerprint density at radius 2 is 2.21 bits per heavy atom. The molecule has 0 spiro atoms. The summed E-state index contributed by atoms with van der Waals surface area (Å²) in [5.41, 5.74) is 0. The maximum Gasteiger partial charge on any atom is 0.211 e. The SMILES string of the molecule is CSc1nncn1/N=C/c1ccc(COc2ccc(Cl)cc2Cl)o1. The number of hydrogen-bond acceptors (Lipinski definition) is 6. The van der Waals surface area contributed by atoms with Gasteiger partial charge in [0.25, 0.3) is 0 Å². The summed E-state index contributed by atoms with van der Waals surface area (Å²) in [6, 6.07) is 8.67. The average Bonchev–Trinajstić information content (AvgIpc) is 3.20. The lowest BCUT2D eigenvalue weighted by Crippen LogP contribution is -1.94. The molecule has 0 amide bonds. The minimum absolute atomic E-state index is 0.248. The van der Waals surface area contributed by atoms with Gasteiger partial charge in [-0.2, -0.15) is 9.78 Å². The van der Waals surface area contributed by atoms with Crippen molar-refractivity contribution in [3.05, 3.63) is 58.2 Å². The van der Waals surface area contributed by atoms with E-state index < -0.39 is 0 Å². The molecule has 0 aliphatic rings.